The second-order valence-electron chi connectivity index (χ2n) is 5.58. The van der Waals surface area contributed by atoms with Crippen LogP contribution in [-0.2, 0) is 14.8 Å². The SMILES string of the molecule is CCCCCN(CC(=O)Nc1cc(C)on1)S(=O)(=O)CCCC. The lowest BCUT2D eigenvalue weighted by Crippen LogP contribution is -2.40. The molecule has 0 saturated carbocycles. The Morgan fingerprint density at radius 2 is 1.96 bits per heavy atom. The molecule has 132 valence electrons. The third-order valence-electron chi connectivity index (χ3n) is 3.38. The van der Waals surface area contributed by atoms with Crippen LogP contribution in [0.15, 0.2) is 10.6 Å². The molecule has 23 heavy (non-hydrogen) atoms. The van der Waals surface area contributed by atoms with Gasteiger partial charge >= 0.3 is 0 Å². The van der Waals surface area contributed by atoms with E-state index in [1.54, 1.807) is 13.0 Å². The third-order valence-corrected chi connectivity index (χ3v) is 5.28. The molecule has 1 rings (SSSR count). The van der Waals surface area contributed by atoms with Crippen LogP contribution in [0.1, 0.15) is 51.7 Å². The summed E-state index contributed by atoms with van der Waals surface area (Å²) < 4.78 is 30.9. The van der Waals surface area contributed by atoms with E-state index < -0.39 is 15.9 Å². The highest BCUT2D eigenvalue weighted by molar-refractivity contribution is 7.89. The first-order chi connectivity index (χ1) is 10.9. The Bertz CT molecular complexity index is 583. The van der Waals surface area contributed by atoms with Gasteiger partial charge in [0.15, 0.2) is 5.82 Å². The fraction of sp³-hybridized carbons (Fsp3) is 0.733. The summed E-state index contributed by atoms with van der Waals surface area (Å²) in [7, 11) is -3.42. The number of nitrogens with one attached hydrogen (secondary N) is 1. The van der Waals surface area contributed by atoms with Crippen molar-refractivity contribution in [3.05, 3.63) is 11.8 Å². The molecule has 0 aliphatic carbocycles. The van der Waals surface area contributed by atoms with Crippen molar-refractivity contribution in [1.29, 1.82) is 0 Å². The van der Waals surface area contributed by atoms with E-state index in [1.807, 2.05) is 6.92 Å². The van der Waals surface area contributed by atoms with Crippen molar-refractivity contribution >= 4 is 21.7 Å². The number of carbonyl (C=O) groups is 1. The van der Waals surface area contributed by atoms with Crippen molar-refractivity contribution < 1.29 is 17.7 Å². The zero-order valence-electron chi connectivity index (χ0n) is 14.2. The van der Waals surface area contributed by atoms with Gasteiger partial charge in [-0.1, -0.05) is 38.3 Å². The summed E-state index contributed by atoms with van der Waals surface area (Å²) in [6.07, 6.45) is 4.07. The zero-order chi connectivity index (χ0) is 17.3. The number of amides is 1. The molecule has 0 spiro atoms. The molecule has 1 aromatic rings. The Labute approximate surface area is 138 Å². The molecule has 0 aliphatic heterocycles. The maximum Gasteiger partial charge on any atom is 0.240 e. The number of aryl methyl sites for hydroxylation is 1. The minimum atomic E-state index is -3.42. The van der Waals surface area contributed by atoms with Crippen LogP contribution >= 0.6 is 0 Å². The van der Waals surface area contributed by atoms with Gasteiger partial charge in [-0.25, -0.2) is 8.42 Å². The second-order valence-corrected chi connectivity index (χ2v) is 7.67. The minimum absolute atomic E-state index is 0.0754. The van der Waals surface area contributed by atoms with E-state index in [4.69, 9.17) is 4.52 Å². The number of unbranched alkanes of at least 4 members (excludes halogenated alkanes) is 3. The Hall–Kier alpha value is -1.41. The highest BCUT2D eigenvalue weighted by Crippen LogP contribution is 2.10. The number of hydrogen-bond acceptors (Lipinski definition) is 5. The van der Waals surface area contributed by atoms with E-state index in [-0.39, 0.29) is 12.3 Å². The van der Waals surface area contributed by atoms with Crippen LogP contribution in [0.4, 0.5) is 5.82 Å². The summed E-state index contributed by atoms with van der Waals surface area (Å²) in [5.74, 6) is 0.545. The van der Waals surface area contributed by atoms with Crippen LogP contribution in [0.3, 0.4) is 0 Å². The second kappa shape index (κ2) is 9.67. The predicted molar refractivity (Wildman–Crippen MR) is 89.7 cm³/mol. The number of rotatable bonds is 11. The predicted octanol–water partition coefficient (Wildman–Crippen LogP) is 2.54. The first kappa shape index (κ1) is 19.6. The summed E-state index contributed by atoms with van der Waals surface area (Å²) >= 11 is 0. The number of nitrogens with zero attached hydrogens (tertiary/aromatic N) is 2. The number of anilines is 1. The standard InChI is InChI=1S/C15H27N3O4S/c1-4-6-8-9-18(23(20,21)10-7-5-2)12-15(19)16-14-11-13(3)22-17-14/h11H,4-10,12H2,1-3H3,(H,16,17,19). The molecule has 0 aromatic carbocycles. The molecule has 1 heterocycles. The first-order valence-electron chi connectivity index (χ1n) is 8.10. The minimum Gasteiger partial charge on any atom is -0.360 e. The van der Waals surface area contributed by atoms with Gasteiger partial charge in [0, 0.05) is 12.6 Å². The fourth-order valence-electron chi connectivity index (χ4n) is 2.08. The lowest BCUT2D eigenvalue weighted by molar-refractivity contribution is -0.116. The van der Waals surface area contributed by atoms with Crippen LogP contribution in [-0.4, -0.2) is 42.6 Å². The average Bonchev–Trinajstić information content (AvgIpc) is 2.89. The normalized spacial score (nSPS) is 11.8. The Balaban J connectivity index is 2.68. The fourth-order valence-corrected chi connectivity index (χ4v) is 3.71. The van der Waals surface area contributed by atoms with Crippen molar-refractivity contribution in [2.24, 2.45) is 0 Å². The van der Waals surface area contributed by atoms with E-state index in [2.05, 4.69) is 17.4 Å². The van der Waals surface area contributed by atoms with Crippen LogP contribution in [0, 0.1) is 6.92 Å². The van der Waals surface area contributed by atoms with Crippen molar-refractivity contribution in [3.63, 3.8) is 0 Å². The molecule has 0 fully saturated rings. The van der Waals surface area contributed by atoms with Gasteiger partial charge in [0.1, 0.15) is 5.76 Å². The van der Waals surface area contributed by atoms with E-state index in [9.17, 15) is 13.2 Å². The maximum atomic E-state index is 12.4. The van der Waals surface area contributed by atoms with Crippen molar-refractivity contribution in [2.45, 2.75) is 52.9 Å². The monoisotopic (exact) mass is 345 g/mol. The Morgan fingerprint density at radius 1 is 1.26 bits per heavy atom. The van der Waals surface area contributed by atoms with Gasteiger partial charge in [0.05, 0.1) is 12.3 Å². The molecule has 1 aromatic heterocycles. The maximum absolute atomic E-state index is 12.4. The van der Waals surface area contributed by atoms with Gasteiger partial charge in [-0.05, 0) is 19.8 Å². The van der Waals surface area contributed by atoms with Gasteiger partial charge in [0.25, 0.3) is 0 Å². The van der Waals surface area contributed by atoms with Crippen molar-refractivity contribution in [1.82, 2.24) is 9.46 Å². The van der Waals surface area contributed by atoms with Gasteiger partial charge in [0.2, 0.25) is 15.9 Å². The number of hydrogen-bond donors (Lipinski definition) is 1. The molecule has 0 atom stereocenters. The van der Waals surface area contributed by atoms with Crippen LogP contribution in [0.2, 0.25) is 0 Å². The van der Waals surface area contributed by atoms with Crippen molar-refractivity contribution in [3.8, 4) is 0 Å². The molecular formula is C15H27N3O4S. The van der Waals surface area contributed by atoms with Crippen LogP contribution in [0.5, 0.6) is 0 Å². The molecule has 0 aliphatic rings. The number of aromatic nitrogens is 1. The summed E-state index contributed by atoms with van der Waals surface area (Å²) in [4.78, 5) is 12.1. The molecular weight excluding hydrogens is 318 g/mol. The quantitative estimate of drug-likeness (QED) is 0.622. The van der Waals surface area contributed by atoms with Crippen LogP contribution in [0.25, 0.3) is 0 Å². The third kappa shape index (κ3) is 7.13. The molecule has 8 heteroatoms. The van der Waals surface area contributed by atoms with E-state index >= 15 is 0 Å². The van der Waals surface area contributed by atoms with E-state index in [0.29, 0.717) is 24.5 Å². The molecule has 0 saturated heterocycles. The molecule has 0 radical (unpaired) electrons. The van der Waals surface area contributed by atoms with Crippen LogP contribution < -0.4 is 5.32 Å². The Morgan fingerprint density at radius 3 is 2.52 bits per heavy atom. The zero-order valence-corrected chi connectivity index (χ0v) is 15.0. The number of carbonyl (C=O) groups excluding carboxylic acids is 1. The largest absolute Gasteiger partial charge is 0.360 e. The van der Waals surface area contributed by atoms with E-state index in [1.165, 1.54) is 4.31 Å². The highest BCUT2D eigenvalue weighted by Gasteiger charge is 2.24. The summed E-state index contributed by atoms with van der Waals surface area (Å²) in [6.45, 7) is 5.88. The average molecular weight is 345 g/mol. The smallest absolute Gasteiger partial charge is 0.240 e. The van der Waals surface area contributed by atoms with Gasteiger partial charge in [-0.15, -0.1) is 0 Å². The number of sulfonamides is 1. The van der Waals surface area contributed by atoms with Gasteiger partial charge in [-0.3, -0.25) is 4.79 Å². The summed E-state index contributed by atoms with van der Waals surface area (Å²) in [5, 5.41) is 6.24. The van der Waals surface area contributed by atoms with Crippen molar-refractivity contribution in [2.75, 3.05) is 24.2 Å². The lowest BCUT2D eigenvalue weighted by Gasteiger charge is -2.21. The first-order valence-corrected chi connectivity index (χ1v) is 9.71. The van der Waals surface area contributed by atoms with Gasteiger partial charge < -0.3 is 9.84 Å². The highest BCUT2D eigenvalue weighted by atomic mass is 32.2. The lowest BCUT2D eigenvalue weighted by atomic mass is 10.2. The Kier molecular flexibility index (Phi) is 8.25. The molecule has 0 bridgehead atoms. The molecule has 1 N–H and O–H groups in total. The molecule has 1 amide bonds. The molecule has 0 unspecified atom stereocenters. The van der Waals surface area contributed by atoms with Gasteiger partial charge in [-0.2, -0.15) is 4.31 Å². The summed E-state index contributed by atoms with van der Waals surface area (Å²) in [5.41, 5.74) is 0. The topological polar surface area (TPSA) is 92.5 Å². The summed E-state index contributed by atoms with van der Waals surface area (Å²) in [6, 6.07) is 1.59. The molecule has 7 nitrogen and oxygen atoms in total. The van der Waals surface area contributed by atoms with E-state index in [0.717, 1.165) is 25.7 Å².